The maximum absolute atomic E-state index is 12.0. The third-order valence-corrected chi connectivity index (χ3v) is 5.75. The van der Waals surface area contributed by atoms with Gasteiger partial charge in [-0.2, -0.15) is 11.8 Å². The summed E-state index contributed by atoms with van der Waals surface area (Å²) in [6.45, 7) is 0.795. The Hall–Kier alpha value is -0.000000000000000111. The molecular weight excluding hydrogens is 330 g/mol. The molecule has 1 N–H and O–H groups in total. The van der Waals surface area contributed by atoms with Crippen molar-refractivity contribution in [2.75, 3.05) is 17.6 Å². The van der Waals surface area contributed by atoms with Gasteiger partial charge in [0, 0.05) is 22.5 Å². The topological polar surface area (TPSA) is 29.1 Å². The summed E-state index contributed by atoms with van der Waals surface area (Å²) in [5.41, 5.74) is 1.38. The Morgan fingerprint density at radius 3 is 3.06 bits per heavy atom. The van der Waals surface area contributed by atoms with Crippen LogP contribution in [0, 0.1) is 0 Å². The monoisotopic (exact) mass is 347 g/mol. The molecule has 1 aromatic rings. The predicted molar refractivity (Wildman–Crippen MR) is 84.2 cm³/mol. The molecule has 1 aromatic heterocycles. The van der Waals surface area contributed by atoms with Crippen LogP contribution in [0.15, 0.2) is 6.07 Å². The lowest BCUT2D eigenvalue weighted by Gasteiger charge is -2.08. The molecule has 5 heteroatoms. The van der Waals surface area contributed by atoms with Crippen LogP contribution >= 0.6 is 39.0 Å². The lowest BCUT2D eigenvalue weighted by atomic mass is 10.2. The number of hydrogen-bond donors (Lipinski definition) is 1. The second-order valence-electron chi connectivity index (χ2n) is 4.37. The van der Waals surface area contributed by atoms with Crippen LogP contribution in [0.1, 0.15) is 39.4 Å². The van der Waals surface area contributed by atoms with Gasteiger partial charge in [0.15, 0.2) is 0 Å². The molecule has 0 fully saturated rings. The minimum absolute atomic E-state index is 0.109. The normalized spacial score (nSPS) is 14.3. The van der Waals surface area contributed by atoms with Crippen LogP contribution in [-0.4, -0.2) is 23.5 Å². The first kappa shape index (κ1) is 14.4. The molecule has 0 atom stereocenters. The average molecular weight is 348 g/mol. The van der Waals surface area contributed by atoms with E-state index in [4.69, 9.17) is 0 Å². The maximum Gasteiger partial charge on any atom is 0.261 e. The highest BCUT2D eigenvalue weighted by atomic mass is 79.9. The Bertz CT molecular complexity index is 382. The molecule has 18 heavy (non-hydrogen) atoms. The minimum Gasteiger partial charge on any atom is -0.351 e. The van der Waals surface area contributed by atoms with E-state index in [9.17, 15) is 4.79 Å². The number of aryl methyl sites for hydroxylation is 1. The number of thiophene rings is 1. The van der Waals surface area contributed by atoms with Crippen LogP contribution in [0.5, 0.6) is 0 Å². The Labute approximate surface area is 125 Å². The molecule has 2 heterocycles. The summed E-state index contributed by atoms with van der Waals surface area (Å²) < 4.78 is 0. The highest BCUT2D eigenvalue weighted by Gasteiger charge is 2.16. The first-order valence-electron chi connectivity index (χ1n) is 6.34. The summed E-state index contributed by atoms with van der Waals surface area (Å²) in [4.78, 5) is 14.3. The van der Waals surface area contributed by atoms with Crippen molar-refractivity contribution in [1.29, 1.82) is 0 Å². The highest BCUT2D eigenvalue weighted by molar-refractivity contribution is 9.09. The van der Waals surface area contributed by atoms with Gasteiger partial charge < -0.3 is 5.32 Å². The van der Waals surface area contributed by atoms with Crippen molar-refractivity contribution >= 4 is 44.9 Å². The predicted octanol–water partition coefficient (Wildman–Crippen LogP) is 3.83. The summed E-state index contributed by atoms with van der Waals surface area (Å²) in [5, 5.41) is 4.07. The van der Waals surface area contributed by atoms with Gasteiger partial charge in [-0.3, -0.25) is 4.79 Å². The number of carbonyl (C=O) groups is 1. The molecule has 0 spiro atoms. The largest absolute Gasteiger partial charge is 0.351 e. The third kappa shape index (κ3) is 4.00. The number of nitrogens with one attached hydrogen (secondary N) is 1. The van der Waals surface area contributed by atoms with Gasteiger partial charge in [0.2, 0.25) is 0 Å². The molecule has 0 unspecified atom stereocenters. The maximum atomic E-state index is 12.0. The molecule has 0 aromatic carbocycles. The second kappa shape index (κ2) is 7.56. The number of carbonyl (C=O) groups excluding carboxylic acids is 1. The summed E-state index contributed by atoms with van der Waals surface area (Å²) in [6.07, 6.45) is 4.55. The Kier molecular flexibility index (Phi) is 6.05. The van der Waals surface area contributed by atoms with Gasteiger partial charge in [-0.05, 0) is 36.6 Å². The van der Waals surface area contributed by atoms with Crippen molar-refractivity contribution in [3.63, 3.8) is 0 Å². The quantitative estimate of drug-likeness (QED) is 0.625. The first-order valence-corrected chi connectivity index (χ1v) is 9.44. The Morgan fingerprint density at radius 1 is 1.39 bits per heavy atom. The zero-order valence-electron chi connectivity index (χ0n) is 10.3. The van der Waals surface area contributed by atoms with E-state index in [-0.39, 0.29) is 5.91 Å². The number of unbranched alkanes of at least 4 members (excludes halogenated alkanes) is 2. The van der Waals surface area contributed by atoms with Gasteiger partial charge >= 0.3 is 0 Å². The van der Waals surface area contributed by atoms with E-state index in [2.05, 4.69) is 27.3 Å². The van der Waals surface area contributed by atoms with Crippen molar-refractivity contribution in [2.45, 2.75) is 31.4 Å². The van der Waals surface area contributed by atoms with Crippen LogP contribution < -0.4 is 5.32 Å². The molecule has 100 valence electrons. The molecule has 0 radical (unpaired) electrons. The fourth-order valence-corrected chi connectivity index (χ4v) is 4.63. The molecule has 0 saturated heterocycles. The van der Waals surface area contributed by atoms with Crippen LogP contribution in [0.2, 0.25) is 0 Å². The van der Waals surface area contributed by atoms with Gasteiger partial charge in [0.05, 0.1) is 4.88 Å². The average Bonchev–Trinajstić information content (AvgIpc) is 2.82. The van der Waals surface area contributed by atoms with Crippen molar-refractivity contribution in [3.8, 4) is 0 Å². The van der Waals surface area contributed by atoms with E-state index in [1.165, 1.54) is 29.0 Å². The molecule has 2 rings (SSSR count). The number of amides is 1. The first-order chi connectivity index (χ1) is 8.81. The van der Waals surface area contributed by atoms with E-state index in [1.54, 1.807) is 11.3 Å². The van der Waals surface area contributed by atoms with Crippen LogP contribution in [0.25, 0.3) is 0 Å². The number of fused-ring (bicyclic) bond motifs is 1. The van der Waals surface area contributed by atoms with Crippen molar-refractivity contribution < 1.29 is 4.79 Å². The van der Waals surface area contributed by atoms with Gasteiger partial charge in [-0.15, -0.1) is 11.3 Å². The molecule has 1 aliphatic rings. The number of alkyl halides is 1. The molecule has 2 nitrogen and oxygen atoms in total. The Morgan fingerprint density at radius 2 is 2.28 bits per heavy atom. The number of hydrogen-bond acceptors (Lipinski definition) is 3. The van der Waals surface area contributed by atoms with Gasteiger partial charge in [0.25, 0.3) is 5.91 Å². The number of thioether (sulfide) groups is 1. The zero-order chi connectivity index (χ0) is 12.8. The van der Waals surface area contributed by atoms with Gasteiger partial charge in [-0.1, -0.05) is 22.4 Å². The number of halogens is 1. The molecule has 0 saturated carbocycles. The summed E-state index contributed by atoms with van der Waals surface area (Å²) in [7, 11) is 0. The molecule has 0 bridgehead atoms. The van der Waals surface area contributed by atoms with E-state index >= 15 is 0 Å². The molecular formula is C13H18BrNOS2. The van der Waals surface area contributed by atoms with E-state index < -0.39 is 0 Å². The highest BCUT2D eigenvalue weighted by Crippen LogP contribution is 2.31. The summed E-state index contributed by atoms with van der Waals surface area (Å²) in [6, 6.07) is 2.08. The standard InChI is InChI=1S/C13H18BrNOS2/c14-5-2-1-3-6-15-13(16)12-8-10-9-17-7-4-11(10)18-12/h8H,1-7,9H2,(H,15,16). The van der Waals surface area contributed by atoms with Gasteiger partial charge in [-0.25, -0.2) is 0 Å². The lowest BCUT2D eigenvalue weighted by Crippen LogP contribution is -2.23. The van der Waals surface area contributed by atoms with Crippen LogP contribution in [0.3, 0.4) is 0 Å². The summed E-state index contributed by atoms with van der Waals surface area (Å²) in [5.74, 6) is 2.38. The van der Waals surface area contributed by atoms with Crippen molar-refractivity contribution in [3.05, 3.63) is 21.4 Å². The van der Waals surface area contributed by atoms with Crippen molar-refractivity contribution in [2.24, 2.45) is 0 Å². The van der Waals surface area contributed by atoms with Crippen LogP contribution in [0.4, 0.5) is 0 Å². The van der Waals surface area contributed by atoms with E-state index in [0.29, 0.717) is 0 Å². The fourth-order valence-electron chi connectivity index (χ4n) is 1.94. The van der Waals surface area contributed by atoms with E-state index in [1.807, 2.05) is 11.8 Å². The molecule has 1 aliphatic heterocycles. The lowest BCUT2D eigenvalue weighted by molar-refractivity contribution is 0.0957. The number of rotatable bonds is 6. The fraction of sp³-hybridized carbons (Fsp3) is 0.615. The minimum atomic E-state index is 0.109. The zero-order valence-corrected chi connectivity index (χ0v) is 13.6. The molecule has 1 amide bonds. The van der Waals surface area contributed by atoms with Crippen molar-refractivity contribution in [1.82, 2.24) is 5.32 Å². The van der Waals surface area contributed by atoms with Gasteiger partial charge in [0.1, 0.15) is 0 Å². The summed E-state index contributed by atoms with van der Waals surface area (Å²) >= 11 is 7.05. The molecule has 0 aliphatic carbocycles. The smallest absolute Gasteiger partial charge is 0.261 e. The second-order valence-corrected chi connectivity index (χ2v) is 7.40. The SMILES string of the molecule is O=C(NCCCCCBr)c1cc2c(s1)CCSC2. The van der Waals surface area contributed by atoms with Crippen LogP contribution in [-0.2, 0) is 12.2 Å². The third-order valence-electron chi connectivity index (χ3n) is 2.95. The Balaban J connectivity index is 1.80. The van der Waals surface area contributed by atoms with E-state index in [0.717, 1.165) is 35.3 Å².